The van der Waals surface area contributed by atoms with Crippen LogP contribution in [0.3, 0.4) is 0 Å². The summed E-state index contributed by atoms with van der Waals surface area (Å²) in [5.41, 5.74) is 3.31. The van der Waals surface area contributed by atoms with E-state index in [4.69, 9.17) is 9.47 Å². The summed E-state index contributed by atoms with van der Waals surface area (Å²) < 4.78 is 10.4. The summed E-state index contributed by atoms with van der Waals surface area (Å²) in [6, 6.07) is 15.9. The number of carbonyl (C=O) groups is 1. The fourth-order valence-electron chi connectivity index (χ4n) is 2.57. The molecule has 6 heteroatoms. The molecule has 0 spiro atoms. The Morgan fingerprint density at radius 2 is 1.69 bits per heavy atom. The number of hydrazone groups is 1. The third-order valence-electron chi connectivity index (χ3n) is 3.90. The number of ether oxygens (including phenoxy) is 2. The highest BCUT2D eigenvalue weighted by Crippen LogP contribution is 2.27. The van der Waals surface area contributed by atoms with Crippen LogP contribution in [0.15, 0.2) is 59.7 Å². The van der Waals surface area contributed by atoms with Crippen molar-refractivity contribution >= 4 is 22.9 Å². The minimum atomic E-state index is -0.495. The maximum absolute atomic E-state index is 12.3. The molecule has 0 unspecified atom stereocenters. The van der Waals surface area contributed by atoms with E-state index in [-0.39, 0.29) is 11.3 Å². The van der Waals surface area contributed by atoms with Gasteiger partial charge in [0.25, 0.3) is 5.91 Å². The van der Waals surface area contributed by atoms with E-state index in [9.17, 15) is 9.90 Å². The van der Waals surface area contributed by atoms with Crippen molar-refractivity contribution in [3.8, 4) is 17.2 Å². The van der Waals surface area contributed by atoms with Crippen molar-refractivity contribution in [1.29, 1.82) is 0 Å². The van der Waals surface area contributed by atoms with Crippen LogP contribution < -0.4 is 14.9 Å². The van der Waals surface area contributed by atoms with Gasteiger partial charge in [-0.15, -0.1) is 0 Å². The Morgan fingerprint density at radius 3 is 2.38 bits per heavy atom. The van der Waals surface area contributed by atoms with Gasteiger partial charge in [0.2, 0.25) is 0 Å². The van der Waals surface area contributed by atoms with Crippen LogP contribution in [0.4, 0.5) is 0 Å². The highest BCUT2D eigenvalue weighted by atomic mass is 16.5. The number of hydrogen-bond acceptors (Lipinski definition) is 5. The van der Waals surface area contributed by atoms with Crippen molar-refractivity contribution in [3.05, 3.63) is 65.7 Å². The number of phenolic OH excluding ortho intramolecular Hbond substituents is 1. The lowest BCUT2D eigenvalue weighted by Gasteiger charge is -2.07. The van der Waals surface area contributed by atoms with Gasteiger partial charge in [-0.1, -0.05) is 24.3 Å². The van der Waals surface area contributed by atoms with Crippen molar-refractivity contribution in [2.45, 2.75) is 0 Å². The van der Waals surface area contributed by atoms with Gasteiger partial charge < -0.3 is 14.6 Å². The van der Waals surface area contributed by atoms with Crippen LogP contribution >= 0.6 is 0 Å². The molecule has 6 nitrogen and oxygen atoms in total. The normalized spacial score (nSPS) is 10.8. The molecular formula is C20H18N2O4. The summed E-state index contributed by atoms with van der Waals surface area (Å²) >= 11 is 0. The lowest BCUT2D eigenvalue weighted by atomic mass is 10.1. The van der Waals surface area contributed by atoms with Crippen LogP contribution in [-0.2, 0) is 0 Å². The molecule has 0 fully saturated rings. The number of fused-ring (bicyclic) bond motifs is 1. The van der Waals surface area contributed by atoms with Crippen molar-refractivity contribution in [3.63, 3.8) is 0 Å². The van der Waals surface area contributed by atoms with Crippen LogP contribution in [0.2, 0.25) is 0 Å². The lowest BCUT2D eigenvalue weighted by molar-refractivity contribution is 0.0952. The molecule has 0 saturated carbocycles. The number of hydrogen-bond donors (Lipinski definition) is 2. The highest BCUT2D eigenvalue weighted by Gasteiger charge is 2.11. The number of nitrogens with one attached hydrogen (secondary N) is 1. The number of methoxy groups -OCH3 is 2. The van der Waals surface area contributed by atoms with Gasteiger partial charge in [0, 0.05) is 0 Å². The standard InChI is InChI=1S/C20H18N2O4/c1-25-18-8-7-13(9-19(18)26-2)12-21-22-20(24)16-10-14-5-3-4-6-15(14)11-17(16)23/h3-12,23H,1-2H3,(H,22,24). The second kappa shape index (κ2) is 7.57. The molecule has 0 aliphatic rings. The molecule has 2 N–H and O–H groups in total. The van der Waals surface area contributed by atoms with E-state index in [1.807, 2.05) is 24.3 Å². The topological polar surface area (TPSA) is 80.2 Å². The average molecular weight is 350 g/mol. The zero-order chi connectivity index (χ0) is 18.5. The summed E-state index contributed by atoms with van der Waals surface area (Å²) in [5, 5.41) is 15.7. The fraction of sp³-hybridized carbons (Fsp3) is 0.100. The third kappa shape index (κ3) is 3.59. The van der Waals surface area contributed by atoms with Crippen molar-refractivity contribution in [2.24, 2.45) is 5.10 Å². The van der Waals surface area contributed by atoms with Crippen LogP contribution in [0, 0.1) is 0 Å². The summed E-state index contributed by atoms with van der Waals surface area (Å²) in [7, 11) is 3.10. The summed E-state index contributed by atoms with van der Waals surface area (Å²) in [6.07, 6.45) is 1.48. The van der Waals surface area contributed by atoms with Gasteiger partial charge in [-0.25, -0.2) is 5.43 Å². The van der Waals surface area contributed by atoms with Gasteiger partial charge in [-0.2, -0.15) is 5.10 Å². The Balaban J connectivity index is 1.76. The highest BCUT2D eigenvalue weighted by molar-refractivity contribution is 6.01. The van der Waals surface area contributed by atoms with Gasteiger partial charge in [0.1, 0.15) is 5.75 Å². The quantitative estimate of drug-likeness (QED) is 0.546. The first kappa shape index (κ1) is 17.3. The molecule has 0 aliphatic carbocycles. The van der Waals surface area contributed by atoms with Gasteiger partial charge >= 0.3 is 0 Å². The van der Waals surface area contributed by atoms with E-state index in [0.29, 0.717) is 11.5 Å². The number of amides is 1. The molecule has 132 valence electrons. The molecule has 0 bridgehead atoms. The van der Waals surface area contributed by atoms with Crippen molar-refractivity contribution in [2.75, 3.05) is 14.2 Å². The average Bonchev–Trinajstić information content (AvgIpc) is 2.67. The molecule has 1 amide bonds. The van der Waals surface area contributed by atoms with Gasteiger partial charge in [-0.05, 0) is 46.7 Å². The Morgan fingerprint density at radius 1 is 1.00 bits per heavy atom. The molecule has 0 heterocycles. The number of benzene rings is 3. The summed E-state index contributed by atoms with van der Waals surface area (Å²) in [5.74, 6) is 0.581. The van der Waals surface area contributed by atoms with E-state index in [0.717, 1.165) is 16.3 Å². The summed E-state index contributed by atoms with van der Waals surface area (Å²) in [6.45, 7) is 0. The number of aromatic hydroxyl groups is 1. The van der Waals surface area contributed by atoms with Crippen LogP contribution in [0.25, 0.3) is 10.8 Å². The molecule has 0 atom stereocenters. The fourth-order valence-corrected chi connectivity index (χ4v) is 2.57. The van der Waals surface area contributed by atoms with Gasteiger partial charge in [0.15, 0.2) is 11.5 Å². The largest absolute Gasteiger partial charge is 0.507 e. The molecule has 26 heavy (non-hydrogen) atoms. The first-order chi connectivity index (χ1) is 12.6. The summed E-state index contributed by atoms with van der Waals surface area (Å²) in [4.78, 5) is 12.3. The van der Waals surface area contributed by atoms with Crippen LogP contribution in [0.5, 0.6) is 17.2 Å². The molecule has 0 saturated heterocycles. The first-order valence-corrected chi connectivity index (χ1v) is 7.89. The number of phenols is 1. The van der Waals surface area contributed by atoms with E-state index < -0.39 is 5.91 Å². The molecule has 3 aromatic rings. The third-order valence-corrected chi connectivity index (χ3v) is 3.90. The SMILES string of the molecule is COc1ccc(C=NNC(=O)c2cc3ccccc3cc2O)cc1OC. The second-order valence-corrected chi connectivity index (χ2v) is 5.53. The van der Waals surface area contributed by atoms with Crippen LogP contribution in [0.1, 0.15) is 15.9 Å². The Bertz CT molecular complexity index is 983. The monoisotopic (exact) mass is 350 g/mol. The van der Waals surface area contributed by atoms with E-state index in [1.165, 1.54) is 6.21 Å². The van der Waals surface area contributed by atoms with Crippen LogP contribution in [-0.4, -0.2) is 31.4 Å². The van der Waals surface area contributed by atoms with Crippen molar-refractivity contribution < 1.29 is 19.4 Å². The minimum absolute atomic E-state index is 0.0949. The Labute approximate surface area is 150 Å². The molecule has 0 aromatic heterocycles. The lowest BCUT2D eigenvalue weighted by Crippen LogP contribution is -2.17. The first-order valence-electron chi connectivity index (χ1n) is 7.89. The van der Waals surface area contributed by atoms with E-state index >= 15 is 0 Å². The predicted molar refractivity (Wildman–Crippen MR) is 100 cm³/mol. The molecular weight excluding hydrogens is 332 g/mol. The maximum atomic E-state index is 12.3. The number of carbonyl (C=O) groups excluding carboxylic acids is 1. The smallest absolute Gasteiger partial charge is 0.275 e. The molecule has 3 aromatic carbocycles. The molecule has 0 aliphatic heterocycles. The minimum Gasteiger partial charge on any atom is -0.507 e. The predicted octanol–water partition coefficient (Wildman–Crippen LogP) is 3.33. The number of rotatable bonds is 5. The number of nitrogens with zero attached hydrogens (tertiary/aromatic N) is 1. The van der Waals surface area contributed by atoms with Gasteiger partial charge in [-0.3, -0.25) is 4.79 Å². The van der Waals surface area contributed by atoms with Crippen molar-refractivity contribution in [1.82, 2.24) is 5.43 Å². The molecule has 3 rings (SSSR count). The zero-order valence-electron chi connectivity index (χ0n) is 14.4. The van der Waals surface area contributed by atoms with E-state index in [1.54, 1.807) is 44.6 Å². The second-order valence-electron chi connectivity index (χ2n) is 5.53. The Hall–Kier alpha value is -3.54. The van der Waals surface area contributed by atoms with E-state index in [2.05, 4.69) is 10.5 Å². The maximum Gasteiger partial charge on any atom is 0.275 e. The Kier molecular flexibility index (Phi) is 5.03. The zero-order valence-corrected chi connectivity index (χ0v) is 14.4. The molecule has 0 radical (unpaired) electrons. The van der Waals surface area contributed by atoms with Gasteiger partial charge in [0.05, 0.1) is 26.0 Å².